The van der Waals surface area contributed by atoms with Crippen molar-refractivity contribution >= 4 is 17.6 Å². The van der Waals surface area contributed by atoms with Crippen molar-refractivity contribution in [2.45, 2.75) is 64.8 Å². The number of aliphatic hydroxyl groups excluding tert-OH is 1. The maximum absolute atomic E-state index is 11.9. The Kier molecular flexibility index (Phi) is 9.76. The van der Waals surface area contributed by atoms with Crippen LogP contribution in [0.3, 0.4) is 0 Å². The number of halogens is 1. The lowest BCUT2D eigenvalue weighted by Gasteiger charge is -2.15. The summed E-state index contributed by atoms with van der Waals surface area (Å²) in [5.41, 5.74) is 0.871. The third-order valence-electron chi connectivity index (χ3n) is 3.62. The van der Waals surface area contributed by atoms with Gasteiger partial charge in [0.1, 0.15) is 5.75 Å². The van der Waals surface area contributed by atoms with Gasteiger partial charge in [0.05, 0.1) is 6.61 Å². The molecule has 0 fully saturated rings. The fourth-order valence-corrected chi connectivity index (χ4v) is 2.46. The number of carbonyl (C=O) groups excluding carboxylic acids is 1. The summed E-state index contributed by atoms with van der Waals surface area (Å²) >= 11 is 5.89. The highest BCUT2D eigenvalue weighted by Gasteiger charge is 2.17. The van der Waals surface area contributed by atoms with Crippen LogP contribution in [-0.2, 0) is 9.53 Å². The van der Waals surface area contributed by atoms with E-state index in [1.54, 1.807) is 25.1 Å². The number of rotatable bonds is 11. The quantitative estimate of drug-likeness (QED) is 0.359. The molecule has 1 atom stereocenters. The lowest BCUT2D eigenvalue weighted by molar-refractivity contribution is -0.151. The number of esters is 1. The van der Waals surface area contributed by atoms with Crippen molar-refractivity contribution in [1.82, 2.24) is 0 Å². The standard InChI is InChI=1S/C18H27ClO5/c1-13-12-15(19)9-10-16(13)24-14(2)18(22)23-11-7-5-3-4-6-8-17(20)21/h9-10,12,14,17,20-21H,3-8,11H2,1-2H3/t14-/m1/s1. The first-order valence-electron chi connectivity index (χ1n) is 8.35. The number of hydrogen-bond donors (Lipinski definition) is 2. The van der Waals surface area contributed by atoms with Crippen molar-refractivity contribution in [2.24, 2.45) is 0 Å². The van der Waals surface area contributed by atoms with Gasteiger partial charge in [0.2, 0.25) is 0 Å². The van der Waals surface area contributed by atoms with Crippen molar-refractivity contribution in [3.63, 3.8) is 0 Å². The summed E-state index contributed by atoms with van der Waals surface area (Å²) in [6.45, 7) is 3.90. The van der Waals surface area contributed by atoms with Crippen LogP contribution in [0.15, 0.2) is 18.2 Å². The lowest BCUT2D eigenvalue weighted by Crippen LogP contribution is -2.26. The first-order valence-corrected chi connectivity index (χ1v) is 8.73. The number of unbranched alkanes of at least 4 members (excludes halogenated alkanes) is 4. The molecular weight excluding hydrogens is 332 g/mol. The van der Waals surface area contributed by atoms with Gasteiger partial charge in [-0.15, -0.1) is 0 Å². The summed E-state index contributed by atoms with van der Waals surface area (Å²) in [5, 5.41) is 18.1. The second-order valence-electron chi connectivity index (χ2n) is 5.87. The van der Waals surface area contributed by atoms with Crippen LogP contribution in [0.4, 0.5) is 0 Å². The molecule has 6 heteroatoms. The summed E-state index contributed by atoms with van der Waals surface area (Å²) in [6, 6.07) is 5.24. The van der Waals surface area contributed by atoms with Gasteiger partial charge in [-0.2, -0.15) is 0 Å². The normalized spacial score (nSPS) is 12.2. The van der Waals surface area contributed by atoms with Gasteiger partial charge in [-0.3, -0.25) is 0 Å². The van der Waals surface area contributed by atoms with Gasteiger partial charge in [-0.05, 0) is 56.9 Å². The molecule has 1 aromatic carbocycles. The van der Waals surface area contributed by atoms with E-state index in [-0.39, 0.29) is 5.97 Å². The Labute approximate surface area is 148 Å². The zero-order chi connectivity index (χ0) is 17.9. The molecule has 0 radical (unpaired) electrons. The molecule has 0 unspecified atom stereocenters. The van der Waals surface area contributed by atoms with Crippen LogP contribution in [0.2, 0.25) is 5.02 Å². The maximum Gasteiger partial charge on any atom is 0.347 e. The second-order valence-corrected chi connectivity index (χ2v) is 6.31. The molecule has 136 valence electrons. The van der Waals surface area contributed by atoms with Crippen LogP contribution < -0.4 is 4.74 Å². The van der Waals surface area contributed by atoms with E-state index < -0.39 is 12.4 Å². The SMILES string of the molecule is Cc1cc(Cl)ccc1O[C@H](C)C(=O)OCCCCCCCC(O)O. The van der Waals surface area contributed by atoms with E-state index in [9.17, 15) is 4.79 Å². The fourth-order valence-electron chi connectivity index (χ4n) is 2.23. The first-order chi connectivity index (χ1) is 11.4. The van der Waals surface area contributed by atoms with Crippen LogP contribution in [0, 0.1) is 6.92 Å². The Morgan fingerprint density at radius 3 is 2.50 bits per heavy atom. The highest BCUT2D eigenvalue weighted by molar-refractivity contribution is 6.30. The molecule has 0 bridgehead atoms. The van der Waals surface area contributed by atoms with Crippen LogP contribution >= 0.6 is 11.6 Å². The van der Waals surface area contributed by atoms with Crippen molar-refractivity contribution in [2.75, 3.05) is 6.61 Å². The summed E-state index contributed by atoms with van der Waals surface area (Å²) in [6.07, 6.45) is 2.99. The van der Waals surface area contributed by atoms with Crippen LogP contribution in [0.5, 0.6) is 5.75 Å². The van der Waals surface area contributed by atoms with Gasteiger partial charge in [0.15, 0.2) is 12.4 Å². The highest BCUT2D eigenvalue weighted by atomic mass is 35.5. The Morgan fingerprint density at radius 1 is 1.17 bits per heavy atom. The Hall–Kier alpha value is -1.30. The zero-order valence-corrected chi connectivity index (χ0v) is 15.1. The topological polar surface area (TPSA) is 76.0 Å². The summed E-state index contributed by atoms with van der Waals surface area (Å²) < 4.78 is 10.8. The molecule has 0 aromatic heterocycles. The molecule has 0 aliphatic rings. The van der Waals surface area contributed by atoms with Crippen molar-refractivity contribution in [3.05, 3.63) is 28.8 Å². The van der Waals surface area contributed by atoms with Gasteiger partial charge >= 0.3 is 5.97 Å². The zero-order valence-electron chi connectivity index (χ0n) is 14.3. The molecule has 0 heterocycles. The van der Waals surface area contributed by atoms with E-state index in [4.69, 9.17) is 31.3 Å². The van der Waals surface area contributed by atoms with E-state index in [0.29, 0.717) is 23.8 Å². The van der Waals surface area contributed by atoms with E-state index in [1.165, 1.54) is 0 Å². The van der Waals surface area contributed by atoms with Crippen molar-refractivity contribution < 1.29 is 24.5 Å². The number of hydrogen-bond acceptors (Lipinski definition) is 5. The highest BCUT2D eigenvalue weighted by Crippen LogP contribution is 2.23. The van der Waals surface area contributed by atoms with E-state index >= 15 is 0 Å². The third-order valence-corrected chi connectivity index (χ3v) is 3.86. The minimum Gasteiger partial charge on any atom is -0.479 e. The monoisotopic (exact) mass is 358 g/mol. The number of ether oxygens (including phenoxy) is 2. The minimum absolute atomic E-state index is 0.370. The van der Waals surface area contributed by atoms with Crippen LogP contribution in [0.25, 0.3) is 0 Å². The van der Waals surface area contributed by atoms with Gasteiger partial charge in [-0.25, -0.2) is 4.79 Å². The van der Waals surface area contributed by atoms with Gasteiger partial charge in [-0.1, -0.05) is 30.9 Å². The minimum atomic E-state index is -1.21. The summed E-state index contributed by atoms with van der Waals surface area (Å²) in [4.78, 5) is 11.9. The molecule has 0 spiro atoms. The molecule has 5 nitrogen and oxygen atoms in total. The molecule has 0 saturated heterocycles. The molecule has 1 aromatic rings. The van der Waals surface area contributed by atoms with E-state index in [2.05, 4.69) is 0 Å². The average Bonchev–Trinajstić information content (AvgIpc) is 2.52. The molecule has 0 saturated carbocycles. The average molecular weight is 359 g/mol. The molecule has 2 N–H and O–H groups in total. The van der Waals surface area contributed by atoms with Crippen molar-refractivity contribution in [1.29, 1.82) is 0 Å². The molecular formula is C18H27ClO5. The molecule has 0 aliphatic carbocycles. The fraction of sp³-hybridized carbons (Fsp3) is 0.611. The maximum atomic E-state index is 11.9. The third kappa shape index (κ3) is 8.52. The van der Waals surface area contributed by atoms with Gasteiger partial charge in [0, 0.05) is 5.02 Å². The van der Waals surface area contributed by atoms with Crippen molar-refractivity contribution in [3.8, 4) is 5.75 Å². The van der Waals surface area contributed by atoms with Gasteiger partial charge < -0.3 is 19.7 Å². The number of aryl methyl sites for hydroxylation is 1. The smallest absolute Gasteiger partial charge is 0.347 e. The van der Waals surface area contributed by atoms with Crippen LogP contribution in [0.1, 0.15) is 51.0 Å². The van der Waals surface area contributed by atoms with Crippen LogP contribution in [-0.4, -0.2) is 35.2 Å². The first kappa shape index (κ1) is 20.7. The number of aliphatic hydroxyl groups is 2. The number of benzene rings is 1. The molecule has 0 aliphatic heterocycles. The van der Waals surface area contributed by atoms with Gasteiger partial charge in [0.25, 0.3) is 0 Å². The second kappa shape index (κ2) is 11.3. The van der Waals surface area contributed by atoms with E-state index in [0.717, 1.165) is 37.7 Å². The predicted molar refractivity (Wildman–Crippen MR) is 93.2 cm³/mol. The Balaban J connectivity index is 2.16. The Morgan fingerprint density at radius 2 is 1.83 bits per heavy atom. The predicted octanol–water partition coefficient (Wildman–Crippen LogP) is 3.61. The lowest BCUT2D eigenvalue weighted by atomic mass is 10.1. The molecule has 1 rings (SSSR count). The summed E-state index contributed by atoms with van der Waals surface area (Å²) in [5.74, 6) is 0.239. The number of carbonyl (C=O) groups is 1. The molecule has 24 heavy (non-hydrogen) atoms. The van der Waals surface area contributed by atoms with E-state index in [1.807, 2.05) is 6.92 Å². The largest absolute Gasteiger partial charge is 0.479 e. The summed E-state index contributed by atoms with van der Waals surface area (Å²) in [7, 11) is 0. The molecule has 0 amide bonds. The Bertz CT molecular complexity index is 504.